The first-order valence-electron chi connectivity index (χ1n) is 6.97. The van der Waals surface area contributed by atoms with Gasteiger partial charge >= 0.3 is 12.0 Å². The Labute approximate surface area is 120 Å². The standard InChI is InChI=1S/C13H26N2O5/c1-19-10-11-20-9-5-8-15-13(18)14-7-4-2-3-6-12(16)17/h2-11H2,1H3,(H,16,17)(H2,14,15,18). The van der Waals surface area contributed by atoms with Crippen LogP contribution >= 0.6 is 0 Å². The SMILES string of the molecule is COCCOCCCNC(=O)NCCCCCC(=O)O. The van der Waals surface area contributed by atoms with Crippen molar-refractivity contribution in [2.45, 2.75) is 32.1 Å². The van der Waals surface area contributed by atoms with Crippen molar-refractivity contribution in [2.24, 2.45) is 0 Å². The van der Waals surface area contributed by atoms with Gasteiger partial charge in [0.1, 0.15) is 0 Å². The van der Waals surface area contributed by atoms with E-state index in [9.17, 15) is 9.59 Å². The normalized spacial score (nSPS) is 10.2. The van der Waals surface area contributed by atoms with Crippen LogP contribution in [0.25, 0.3) is 0 Å². The van der Waals surface area contributed by atoms with Crippen LogP contribution in [0, 0.1) is 0 Å². The quantitative estimate of drug-likeness (QED) is 0.439. The Balaban J connectivity index is 3.19. The van der Waals surface area contributed by atoms with E-state index >= 15 is 0 Å². The second-order valence-corrected chi connectivity index (χ2v) is 4.35. The zero-order chi connectivity index (χ0) is 15.1. The number of methoxy groups -OCH3 is 1. The lowest BCUT2D eigenvalue weighted by molar-refractivity contribution is -0.137. The molecule has 0 rings (SSSR count). The van der Waals surface area contributed by atoms with Crippen molar-refractivity contribution < 1.29 is 24.2 Å². The van der Waals surface area contributed by atoms with Gasteiger partial charge in [-0.1, -0.05) is 6.42 Å². The number of urea groups is 1. The molecule has 3 N–H and O–H groups in total. The summed E-state index contributed by atoms with van der Waals surface area (Å²) in [6.45, 7) is 2.88. The molecule has 0 heterocycles. The molecule has 0 fully saturated rings. The van der Waals surface area contributed by atoms with Crippen LogP contribution in [0.5, 0.6) is 0 Å². The van der Waals surface area contributed by atoms with Crippen molar-refractivity contribution in [2.75, 3.05) is 40.0 Å². The number of nitrogens with one attached hydrogen (secondary N) is 2. The van der Waals surface area contributed by atoms with E-state index in [-0.39, 0.29) is 12.5 Å². The summed E-state index contributed by atoms with van der Waals surface area (Å²) in [5.41, 5.74) is 0. The van der Waals surface area contributed by atoms with E-state index in [1.165, 1.54) is 0 Å². The van der Waals surface area contributed by atoms with Gasteiger partial charge in [-0.25, -0.2) is 4.79 Å². The molecule has 0 saturated heterocycles. The molecule has 0 aromatic carbocycles. The number of carboxylic acids is 1. The summed E-state index contributed by atoms with van der Waals surface area (Å²) < 4.78 is 10.1. The van der Waals surface area contributed by atoms with Crippen LogP contribution in [0.4, 0.5) is 4.79 Å². The molecule has 0 spiro atoms. The monoisotopic (exact) mass is 290 g/mol. The molecule has 0 aliphatic heterocycles. The molecular weight excluding hydrogens is 264 g/mol. The van der Waals surface area contributed by atoms with E-state index in [0.29, 0.717) is 39.3 Å². The van der Waals surface area contributed by atoms with Crippen molar-refractivity contribution in [1.82, 2.24) is 10.6 Å². The van der Waals surface area contributed by atoms with Crippen LogP contribution < -0.4 is 10.6 Å². The summed E-state index contributed by atoms with van der Waals surface area (Å²) >= 11 is 0. The molecule has 0 aliphatic rings. The molecule has 0 saturated carbocycles. The molecule has 20 heavy (non-hydrogen) atoms. The molecule has 0 unspecified atom stereocenters. The number of unbranched alkanes of at least 4 members (excludes halogenated alkanes) is 2. The Kier molecular flexibility index (Phi) is 13.1. The van der Waals surface area contributed by atoms with Crippen LogP contribution in [0.3, 0.4) is 0 Å². The highest BCUT2D eigenvalue weighted by Crippen LogP contribution is 1.98. The average Bonchev–Trinajstić information content (AvgIpc) is 2.41. The second-order valence-electron chi connectivity index (χ2n) is 4.35. The highest BCUT2D eigenvalue weighted by atomic mass is 16.5. The summed E-state index contributed by atoms with van der Waals surface area (Å²) in [6.07, 6.45) is 3.20. The fourth-order valence-corrected chi connectivity index (χ4v) is 1.46. The largest absolute Gasteiger partial charge is 0.481 e. The molecular formula is C13H26N2O5. The smallest absolute Gasteiger partial charge is 0.314 e. The molecule has 7 nitrogen and oxygen atoms in total. The average molecular weight is 290 g/mol. The molecule has 0 bridgehead atoms. The number of hydrogen-bond acceptors (Lipinski definition) is 4. The van der Waals surface area contributed by atoms with E-state index in [2.05, 4.69) is 10.6 Å². The van der Waals surface area contributed by atoms with Crippen LogP contribution in [-0.4, -0.2) is 57.1 Å². The summed E-state index contributed by atoms with van der Waals surface area (Å²) in [5, 5.41) is 13.9. The van der Waals surface area contributed by atoms with Crippen molar-refractivity contribution in [3.63, 3.8) is 0 Å². The number of carbonyl (C=O) groups is 2. The Morgan fingerprint density at radius 3 is 2.30 bits per heavy atom. The molecule has 2 amide bonds. The Bertz CT molecular complexity index is 261. The van der Waals surface area contributed by atoms with Gasteiger partial charge in [-0.05, 0) is 19.3 Å². The highest BCUT2D eigenvalue weighted by molar-refractivity contribution is 5.73. The number of rotatable bonds is 13. The van der Waals surface area contributed by atoms with Gasteiger partial charge in [-0.2, -0.15) is 0 Å². The van der Waals surface area contributed by atoms with Gasteiger partial charge in [0, 0.05) is 33.2 Å². The van der Waals surface area contributed by atoms with Crippen LogP contribution in [-0.2, 0) is 14.3 Å². The Morgan fingerprint density at radius 2 is 1.65 bits per heavy atom. The lowest BCUT2D eigenvalue weighted by Crippen LogP contribution is -2.36. The summed E-state index contributed by atoms with van der Waals surface area (Å²) in [7, 11) is 1.62. The van der Waals surface area contributed by atoms with E-state index in [1.807, 2.05) is 0 Å². The topological polar surface area (TPSA) is 96.9 Å². The zero-order valence-corrected chi connectivity index (χ0v) is 12.2. The lowest BCUT2D eigenvalue weighted by atomic mass is 10.2. The molecule has 118 valence electrons. The lowest BCUT2D eigenvalue weighted by Gasteiger charge is -2.07. The third kappa shape index (κ3) is 14.7. The number of amides is 2. The Hall–Kier alpha value is -1.34. The van der Waals surface area contributed by atoms with E-state index < -0.39 is 5.97 Å². The molecule has 0 atom stereocenters. The van der Waals surface area contributed by atoms with E-state index in [4.69, 9.17) is 14.6 Å². The number of hydrogen-bond donors (Lipinski definition) is 3. The number of ether oxygens (including phenoxy) is 2. The first kappa shape index (κ1) is 18.7. The second kappa shape index (κ2) is 14.1. The minimum absolute atomic E-state index is 0.190. The van der Waals surface area contributed by atoms with E-state index in [1.54, 1.807) is 7.11 Å². The fraction of sp³-hybridized carbons (Fsp3) is 0.846. The zero-order valence-electron chi connectivity index (χ0n) is 12.2. The first-order chi connectivity index (χ1) is 9.66. The summed E-state index contributed by atoms with van der Waals surface area (Å²) in [6, 6.07) is -0.194. The van der Waals surface area contributed by atoms with Crippen LogP contribution in [0.2, 0.25) is 0 Å². The van der Waals surface area contributed by atoms with Gasteiger partial charge in [0.25, 0.3) is 0 Å². The predicted octanol–water partition coefficient (Wildman–Crippen LogP) is 0.984. The first-order valence-corrected chi connectivity index (χ1v) is 6.97. The molecule has 0 aliphatic carbocycles. The van der Waals surface area contributed by atoms with Gasteiger partial charge in [-0.15, -0.1) is 0 Å². The minimum Gasteiger partial charge on any atom is -0.481 e. The molecule has 0 aromatic rings. The van der Waals surface area contributed by atoms with Gasteiger partial charge < -0.3 is 25.2 Å². The fourth-order valence-electron chi connectivity index (χ4n) is 1.46. The van der Waals surface area contributed by atoms with Crippen molar-refractivity contribution in [3.8, 4) is 0 Å². The van der Waals surface area contributed by atoms with Gasteiger partial charge in [0.2, 0.25) is 0 Å². The highest BCUT2D eigenvalue weighted by Gasteiger charge is 1.99. The van der Waals surface area contributed by atoms with Crippen molar-refractivity contribution in [1.29, 1.82) is 0 Å². The predicted molar refractivity (Wildman–Crippen MR) is 74.8 cm³/mol. The van der Waals surface area contributed by atoms with Crippen LogP contribution in [0.15, 0.2) is 0 Å². The molecule has 0 radical (unpaired) electrons. The van der Waals surface area contributed by atoms with Crippen molar-refractivity contribution >= 4 is 12.0 Å². The Morgan fingerprint density at radius 1 is 0.950 bits per heavy atom. The van der Waals surface area contributed by atoms with E-state index in [0.717, 1.165) is 19.3 Å². The third-order valence-corrected chi connectivity index (χ3v) is 2.54. The number of aliphatic carboxylic acids is 1. The maximum absolute atomic E-state index is 11.3. The molecule has 7 heteroatoms. The third-order valence-electron chi connectivity index (χ3n) is 2.54. The number of carbonyl (C=O) groups excluding carboxylic acids is 1. The molecule has 0 aromatic heterocycles. The minimum atomic E-state index is -0.775. The summed E-state index contributed by atoms with van der Waals surface area (Å²) in [4.78, 5) is 21.6. The van der Waals surface area contributed by atoms with Gasteiger partial charge in [0.15, 0.2) is 0 Å². The van der Waals surface area contributed by atoms with Crippen molar-refractivity contribution in [3.05, 3.63) is 0 Å². The van der Waals surface area contributed by atoms with Crippen LogP contribution in [0.1, 0.15) is 32.1 Å². The summed E-state index contributed by atoms with van der Waals surface area (Å²) in [5.74, 6) is -0.775. The number of carboxylic acid groups (broad SMARTS) is 1. The maximum atomic E-state index is 11.3. The van der Waals surface area contributed by atoms with Gasteiger partial charge in [-0.3, -0.25) is 4.79 Å². The maximum Gasteiger partial charge on any atom is 0.314 e. The van der Waals surface area contributed by atoms with Gasteiger partial charge in [0.05, 0.1) is 13.2 Å².